The van der Waals surface area contributed by atoms with Gasteiger partial charge in [-0.1, -0.05) is 30.3 Å². The van der Waals surface area contributed by atoms with Gasteiger partial charge in [0.2, 0.25) is 15.9 Å². The number of amides is 1. The van der Waals surface area contributed by atoms with E-state index in [-0.39, 0.29) is 17.3 Å². The molecule has 1 aliphatic heterocycles. The van der Waals surface area contributed by atoms with E-state index < -0.39 is 15.9 Å². The van der Waals surface area contributed by atoms with E-state index >= 15 is 0 Å². The summed E-state index contributed by atoms with van der Waals surface area (Å²) in [6.45, 7) is 0.548. The maximum atomic E-state index is 13.3. The first-order chi connectivity index (χ1) is 14.0. The summed E-state index contributed by atoms with van der Waals surface area (Å²) in [5.74, 6) is -0.582. The molecule has 1 fully saturated rings. The van der Waals surface area contributed by atoms with Gasteiger partial charge in [0.15, 0.2) is 0 Å². The summed E-state index contributed by atoms with van der Waals surface area (Å²) < 4.78 is 28.9. The zero-order valence-corrected chi connectivity index (χ0v) is 18.0. The van der Waals surface area contributed by atoms with Crippen LogP contribution in [0.4, 0.5) is 5.69 Å². The Balaban J connectivity index is 1.57. The first-order valence-corrected chi connectivity index (χ1v) is 11.6. The predicted molar refractivity (Wildman–Crippen MR) is 116 cm³/mol. The van der Waals surface area contributed by atoms with Crippen molar-refractivity contribution >= 4 is 48.5 Å². The number of nitrogens with zero attached hydrogens (tertiary/aromatic N) is 2. The number of pyridine rings is 1. The normalized spacial score (nSPS) is 17.9. The van der Waals surface area contributed by atoms with Gasteiger partial charge in [-0.15, -0.1) is 0 Å². The molecule has 0 saturated carbocycles. The highest BCUT2D eigenvalue weighted by molar-refractivity contribution is 9.10. The zero-order valence-electron chi connectivity index (χ0n) is 15.6. The number of nitrogens with one attached hydrogen (secondary N) is 1. The van der Waals surface area contributed by atoms with E-state index in [9.17, 15) is 13.2 Å². The summed E-state index contributed by atoms with van der Waals surface area (Å²) in [7, 11) is -3.75. The molecule has 1 saturated heterocycles. The molecule has 0 spiro atoms. The molecule has 2 aromatic carbocycles. The molecule has 0 radical (unpaired) electrons. The van der Waals surface area contributed by atoms with Gasteiger partial charge in [-0.25, -0.2) is 8.42 Å². The first-order valence-electron chi connectivity index (χ1n) is 9.36. The van der Waals surface area contributed by atoms with E-state index in [0.717, 1.165) is 9.86 Å². The fourth-order valence-corrected chi connectivity index (χ4v) is 5.67. The highest BCUT2D eigenvalue weighted by Crippen LogP contribution is 2.29. The summed E-state index contributed by atoms with van der Waals surface area (Å²) in [5.41, 5.74) is 1.13. The number of sulfonamides is 1. The van der Waals surface area contributed by atoms with Crippen molar-refractivity contribution in [1.29, 1.82) is 0 Å². The van der Waals surface area contributed by atoms with Crippen molar-refractivity contribution in [3.8, 4) is 0 Å². The van der Waals surface area contributed by atoms with Crippen molar-refractivity contribution in [2.75, 3.05) is 18.4 Å². The summed E-state index contributed by atoms with van der Waals surface area (Å²) in [5, 5.41) is 3.67. The van der Waals surface area contributed by atoms with E-state index in [1.807, 2.05) is 30.3 Å². The molecule has 0 bridgehead atoms. The molecule has 4 rings (SSSR count). The number of carbonyl (C=O) groups is 1. The summed E-state index contributed by atoms with van der Waals surface area (Å²) in [6.07, 6.45) is 2.87. The number of para-hydroxylation sites is 2. The van der Waals surface area contributed by atoms with Crippen LogP contribution in [0.25, 0.3) is 10.9 Å². The molecule has 1 N–H and O–H groups in total. The lowest BCUT2D eigenvalue weighted by Gasteiger charge is -2.31. The van der Waals surface area contributed by atoms with Gasteiger partial charge in [0.25, 0.3) is 0 Å². The lowest BCUT2D eigenvalue weighted by Crippen LogP contribution is -2.43. The van der Waals surface area contributed by atoms with Crippen LogP contribution in [0.2, 0.25) is 0 Å². The van der Waals surface area contributed by atoms with Crippen LogP contribution in [0, 0.1) is 5.92 Å². The van der Waals surface area contributed by atoms with Crippen LogP contribution in [-0.2, 0) is 14.8 Å². The molecule has 1 atom stereocenters. The number of hydrogen-bond donors (Lipinski definition) is 1. The van der Waals surface area contributed by atoms with Crippen molar-refractivity contribution in [1.82, 2.24) is 9.29 Å². The van der Waals surface area contributed by atoms with Crippen LogP contribution >= 0.6 is 15.9 Å². The zero-order chi connectivity index (χ0) is 20.4. The quantitative estimate of drug-likeness (QED) is 0.619. The smallest absolute Gasteiger partial charge is 0.245 e. The number of benzene rings is 2. The van der Waals surface area contributed by atoms with E-state index in [1.54, 1.807) is 30.5 Å². The number of piperidine rings is 1. The van der Waals surface area contributed by atoms with Crippen molar-refractivity contribution in [3.63, 3.8) is 0 Å². The fourth-order valence-electron chi connectivity index (χ4n) is 3.60. The van der Waals surface area contributed by atoms with Crippen molar-refractivity contribution in [3.05, 3.63) is 65.3 Å². The Morgan fingerprint density at radius 2 is 1.90 bits per heavy atom. The Bertz CT molecular complexity index is 1160. The van der Waals surface area contributed by atoms with Crippen LogP contribution in [0.5, 0.6) is 0 Å². The maximum absolute atomic E-state index is 13.3. The molecule has 150 valence electrons. The van der Waals surface area contributed by atoms with Crippen LogP contribution in [-0.4, -0.2) is 36.7 Å². The Labute approximate surface area is 178 Å². The standard InChI is InChI=1S/C21H20BrN3O3S/c22-17-9-1-2-10-18(17)24-21(26)16-8-5-13-25(14-16)29(27,28)19-11-3-6-15-7-4-12-23-20(15)19/h1-4,6-7,9-12,16H,5,8,13-14H2,(H,24,26). The first kappa shape index (κ1) is 20.0. The van der Waals surface area contributed by atoms with Crippen LogP contribution < -0.4 is 5.32 Å². The molecular formula is C21H20BrN3O3S. The predicted octanol–water partition coefficient (Wildman–Crippen LogP) is 4.04. The van der Waals surface area contributed by atoms with Gasteiger partial charge < -0.3 is 5.32 Å². The molecule has 8 heteroatoms. The number of halogens is 1. The highest BCUT2D eigenvalue weighted by atomic mass is 79.9. The molecule has 1 aromatic heterocycles. The number of carbonyl (C=O) groups excluding carboxylic acids is 1. The van der Waals surface area contributed by atoms with E-state index in [0.29, 0.717) is 30.6 Å². The number of fused-ring (bicyclic) bond motifs is 1. The average Bonchev–Trinajstić information content (AvgIpc) is 2.75. The van der Waals surface area contributed by atoms with Gasteiger partial charge in [-0.05, 0) is 53.0 Å². The van der Waals surface area contributed by atoms with Gasteiger partial charge in [0.05, 0.1) is 17.1 Å². The lowest BCUT2D eigenvalue weighted by molar-refractivity contribution is -0.120. The monoisotopic (exact) mass is 473 g/mol. The Hall–Kier alpha value is -2.29. The van der Waals surface area contributed by atoms with Crippen LogP contribution in [0.1, 0.15) is 12.8 Å². The molecule has 1 aliphatic rings. The second-order valence-corrected chi connectivity index (χ2v) is 9.76. The molecule has 0 aliphatic carbocycles. The van der Waals surface area contributed by atoms with Crippen molar-refractivity contribution < 1.29 is 13.2 Å². The minimum atomic E-state index is -3.75. The molecule has 2 heterocycles. The van der Waals surface area contributed by atoms with Gasteiger partial charge >= 0.3 is 0 Å². The molecule has 1 unspecified atom stereocenters. The van der Waals surface area contributed by atoms with Crippen LogP contribution in [0.15, 0.2) is 70.2 Å². The second kappa shape index (κ2) is 8.22. The van der Waals surface area contributed by atoms with E-state index in [1.165, 1.54) is 4.31 Å². The second-order valence-electron chi connectivity index (χ2n) is 7.00. The van der Waals surface area contributed by atoms with Crippen molar-refractivity contribution in [2.24, 2.45) is 5.92 Å². The van der Waals surface area contributed by atoms with Gasteiger partial charge in [0, 0.05) is 29.1 Å². The number of aromatic nitrogens is 1. The lowest BCUT2D eigenvalue weighted by atomic mass is 9.99. The van der Waals surface area contributed by atoms with E-state index in [4.69, 9.17) is 0 Å². The third kappa shape index (κ3) is 4.05. The fraction of sp³-hybridized carbons (Fsp3) is 0.238. The van der Waals surface area contributed by atoms with Crippen LogP contribution in [0.3, 0.4) is 0 Å². The molecule has 1 amide bonds. The van der Waals surface area contributed by atoms with Crippen molar-refractivity contribution in [2.45, 2.75) is 17.7 Å². The largest absolute Gasteiger partial charge is 0.325 e. The highest BCUT2D eigenvalue weighted by Gasteiger charge is 2.34. The Kier molecular flexibility index (Phi) is 5.67. The SMILES string of the molecule is O=C(Nc1ccccc1Br)C1CCCN(S(=O)(=O)c2cccc3cccnc23)C1. The number of anilines is 1. The minimum absolute atomic E-state index is 0.155. The Morgan fingerprint density at radius 1 is 1.10 bits per heavy atom. The minimum Gasteiger partial charge on any atom is -0.325 e. The molecule has 29 heavy (non-hydrogen) atoms. The van der Waals surface area contributed by atoms with E-state index in [2.05, 4.69) is 26.2 Å². The summed E-state index contributed by atoms with van der Waals surface area (Å²) in [4.78, 5) is 17.2. The number of hydrogen-bond acceptors (Lipinski definition) is 4. The third-order valence-corrected chi connectivity index (χ3v) is 7.69. The molecule has 3 aromatic rings. The molecular weight excluding hydrogens is 454 g/mol. The maximum Gasteiger partial charge on any atom is 0.245 e. The number of rotatable bonds is 4. The average molecular weight is 474 g/mol. The third-order valence-electron chi connectivity index (χ3n) is 5.10. The Morgan fingerprint density at radius 3 is 2.72 bits per heavy atom. The van der Waals surface area contributed by atoms with Gasteiger partial charge in [0.1, 0.15) is 4.90 Å². The van der Waals surface area contributed by atoms with Gasteiger partial charge in [-0.2, -0.15) is 4.31 Å². The molecule has 6 nitrogen and oxygen atoms in total. The summed E-state index contributed by atoms with van der Waals surface area (Å²) >= 11 is 3.42. The van der Waals surface area contributed by atoms with Gasteiger partial charge in [-0.3, -0.25) is 9.78 Å². The topological polar surface area (TPSA) is 79.4 Å². The summed E-state index contributed by atoms with van der Waals surface area (Å²) in [6, 6.07) is 16.1.